The lowest BCUT2D eigenvalue weighted by molar-refractivity contribution is -0.131. The van der Waals surface area contributed by atoms with E-state index in [0.717, 1.165) is 0 Å². The molecule has 1 atom stereocenters. The quantitative estimate of drug-likeness (QED) is 0.850. The lowest BCUT2D eigenvalue weighted by Gasteiger charge is -2.34. The lowest BCUT2D eigenvalue weighted by Crippen LogP contribution is -2.49. The molecular formula is C17H19F2N3O4. The monoisotopic (exact) mass is 367 g/mol. The summed E-state index contributed by atoms with van der Waals surface area (Å²) in [4.78, 5) is 26.6. The summed E-state index contributed by atoms with van der Waals surface area (Å²) in [6.07, 6.45) is 0. The van der Waals surface area contributed by atoms with Gasteiger partial charge in [0, 0.05) is 24.4 Å². The number of carbonyl (C=O) groups is 2. The van der Waals surface area contributed by atoms with Crippen molar-refractivity contribution >= 4 is 11.9 Å². The zero-order valence-electron chi connectivity index (χ0n) is 14.1. The number of nitrogens with zero attached hydrogens (tertiary/aromatic N) is 1. The third kappa shape index (κ3) is 3.77. The smallest absolute Gasteiger partial charge is 0.387 e. The molecule has 0 spiro atoms. The first-order valence-electron chi connectivity index (χ1n) is 8.16. The van der Waals surface area contributed by atoms with Crippen LogP contribution in [0, 0.1) is 0 Å². The Labute approximate surface area is 148 Å². The molecule has 3 rings (SSSR count). The number of morpholine rings is 1. The fourth-order valence-electron chi connectivity index (χ4n) is 3.07. The number of urea groups is 1. The molecule has 9 heteroatoms. The van der Waals surface area contributed by atoms with Gasteiger partial charge in [0.15, 0.2) is 0 Å². The Kier molecular flexibility index (Phi) is 5.36. The average molecular weight is 367 g/mol. The van der Waals surface area contributed by atoms with Gasteiger partial charge in [0.2, 0.25) is 0 Å². The molecule has 2 aliphatic heterocycles. The van der Waals surface area contributed by atoms with Crippen LogP contribution in [0.2, 0.25) is 0 Å². The van der Waals surface area contributed by atoms with Gasteiger partial charge >= 0.3 is 12.6 Å². The van der Waals surface area contributed by atoms with Crippen molar-refractivity contribution in [3.8, 4) is 5.75 Å². The molecule has 0 radical (unpaired) electrons. The molecule has 2 heterocycles. The second-order valence-corrected chi connectivity index (χ2v) is 5.89. The van der Waals surface area contributed by atoms with Gasteiger partial charge in [-0.25, -0.2) is 4.79 Å². The summed E-state index contributed by atoms with van der Waals surface area (Å²) < 4.78 is 35.3. The first kappa shape index (κ1) is 18.1. The molecule has 0 saturated carbocycles. The Morgan fingerprint density at radius 1 is 1.31 bits per heavy atom. The molecular weight excluding hydrogens is 348 g/mol. The van der Waals surface area contributed by atoms with Crippen molar-refractivity contribution < 1.29 is 27.8 Å². The first-order valence-corrected chi connectivity index (χ1v) is 8.16. The number of allylic oxidation sites excluding steroid dienone is 1. The molecule has 1 aromatic carbocycles. The van der Waals surface area contributed by atoms with E-state index in [1.54, 1.807) is 30.0 Å². The number of rotatable bonds is 4. The van der Waals surface area contributed by atoms with Crippen LogP contribution in [0.25, 0.3) is 0 Å². The normalized spacial score (nSPS) is 20.7. The van der Waals surface area contributed by atoms with Gasteiger partial charge in [-0.3, -0.25) is 4.79 Å². The Bertz CT molecular complexity index is 732. The number of alkyl halides is 2. The van der Waals surface area contributed by atoms with E-state index in [1.807, 2.05) is 0 Å². The van der Waals surface area contributed by atoms with Crippen molar-refractivity contribution in [3.63, 3.8) is 0 Å². The number of benzene rings is 1. The summed E-state index contributed by atoms with van der Waals surface area (Å²) in [5, 5.41) is 5.21. The van der Waals surface area contributed by atoms with Crippen LogP contribution in [0.3, 0.4) is 0 Å². The maximum Gasteiger partial charge on any atom is 0.387 e. The van der Waals surface area contributed by atoms with Crippen LogP contribution in [0.15, 0.2) is 35.5 Å². The van der Waals surface area contributed by atoms with Crippen LogP contribution in [-0.2, 0) is 9.53 Å². The summed E-state index contributed by atoms with van der Waals surface area (Å²) >= 11 is 0. The standard InChI is InChI=1S/C17H19F2N3O4/c1-10-13(15(23)22-6-8-25-9-7-22)14(21-17(24)20-10)11-4-2-3-5-12(11)26-16(18)19/h2-5,14,16H,6-9H2,1H3,(H2,20,21,24)/t14-/m0/s1. The second kappa shape index (κ2) is 7.69. The summed E-state index contributed by atoms with van der Waals surface area (Å²) in [6, 6.07) is 4.69. The fraction of sp³-hybridized carbons (Fsp3) is 0.412. The van der Waals surface area contributed by atoms with Crippen molar-refractivity contribution in [1.29, 1.82) is 0 Å². The fourth-order valence-corrected chi connectivity index (χ4v) is 3.07. The number of hydrogen-bond donors (Lipinski definition) is 2. The van der Waals surface area contributed by atoms with Crippen LogP contribution < -0.4 is 15.4 Å². The highest BCUT2D eigenvalue weighted by molar-refractivity contribution is 5.98. The third-order valence-corrected chi connectivity index (χ3v) is 4.24. The average Bonchev–Trinajstić information content (AvgIpc) is 2.61. The summed E-state index contributed by atoms with van der Waals surface area (Å²) in [5.41, 5.74) is 0.956. The highest BCUT2D eigenvalue weighted by Gasteiger charge is 2.35. The van der Waals surface area contributed by atoms with Gasteiger partial charge in [-0.2, -0.15) is 8.78 Å². The molecule has 0 unspecified atom stereocenters. The zero-order valence-corrected chi connectivity index (χ0v) is 14.1. The molecule has 2 aliphatic rings. The summed E-state index contributed by atoms with van der Waals surface area (Å²) in [6.45, 7) is 0.283. The molecule has 1 aromatic rings. The molecule has 140 valence electrons. The van der Waals surface area contributed by atoms with Crippen molar-refractivity contribution in [2.24, 2.45) is 0 Å². The lowest BCUT2D eigenvalue weighted by atomic mass is 9.93. The number of carbonyl (C=O) groups excluding carboxylic acids is 2. The Morgan fingerprint density at radius 2 is 2.00 bits per heavy atom. The number of ether oxygens (including phenoxy) is 2. The molecule has 0 aromatic heterocycles. The van der Waals surface area contributed by atoms with E-state index < -0.39 is 18.7 Å². The van der Waals surface area contributed by atoms with Gasteiger partial charge in [-0.1, -0.05) is 18.2 Å². The van der Waals surface area contributed by atoms with Crippen LogP contribution in [0.5, 0.6) is 5.75 Å². The van der Waals surface area contributed by atoms with E-state index >= 15 is 0 Å². The number of nitrogens with one attached hydrogen (secondary N) is 2. The highest BCUT2D eigenvalue weighted by atomic mass is 19.3. The molecule has 26 heavy (non-hydrogen) atoms. The largest absolute Gasteiger partial charge is 0.434 e. The highest BCUT2D eigenvalue weighted by Crippen LogP contribution is 2.34. The molecule has 1 fully saturated rings. The van der Waals surface area contributed by atoms with Gasteiger partial charge < -0.3 is 25.0 Å². The maximum absolute atomic E-state index is 13.0. The Balaban J connectivity index is 1.99. The van der Waals surface area contributed by atoms with E-state index in [4.69, 9.17) is 4.74 Å². The number of para-hydroxylation sites is 1. The molecule has 2 N–H and O–H groups in total. The van der Waals surface area contributed by atoms with Crippen LogP contribution in [0.1, 0.15) is 18.5 Å². The maximum atomic E-state index is 13.0. The summed E-state index contributed by atoms with van der Waals surface area (Å²) in [5.74, 6) is -0.370. The van der Waals surface area contributed by atoms with E-state index in [2.05, 4.69) is 15.4 Å². The van der Waals surface area contributed by atoms with Crippen molar-refractivity contribution in [1.82, 2.24) is 15.5 Å². The van der Waals surface area contributed by atoms with E-state index in [1.165, 1.54) is 6.07 Å². The van der Waals surface area contributed by atoms with Crippen molar-refractivity contribution in [2.45, 2.75) is 19.6 Å². The van der Waals surface area contributed by atoms with Crippen LogP contribution in [0.4, 0.5) is 13.6 Å². The number of hydrogen-bond acceptors (Lipinski definition) is 4. The van der Waals surface area contributed by atoms with Gasteiger partial charge in [-0.05, 0) is 13.0 Å². The minimum absolute atomic E-state index is 0.0882. The number of halogens is 2. The van der Waals surface area contributed by atoms with Crippen molar-refractivity contribution in [2.75, 3.05) is 26.3 Å². The minimum Gasteiger partial charge on any atom is -0.434 e. The van der Waals surface area contributed by atoms with E-state index in [-0.39, 0.29) is 17.2 Å². The third-order valence-electron chi connectivity index (χ3n) is 4.24. The molecule has 1 saturated heterocycles. The van der Waals surface area contributed by atoms with Gasteiger partial charge in [-0.15, -0.1) is 0 Å². The Hall–Kier alpha value is -2.68. The van der Waals surface area contributed by atoms with E-state index in [0.29, 0.717) is 37.6 Å². The zero-order chi connectivity index (χ0) is 18.7. The first-order chi connectivity index (χ1) is 12.5. The Morgan fingerprint density at radius 3 is 2.69 bits per heavy atom. The predicted molar refractivity (Wildman–Crippen MR) is 87.6 cm³/mol. The van der Waals surface area contributed by atoms with Crippen LogP contribution >= 0.6 is 0 Å². The van der Waals surface area contributed by atoms with Gasteiger partial charge in [0.25, 0.3) is 5.91 Å². The number of amides is 3. The van der Waals surface area contributed by atoms with Crippen LogP contribution in [-0.4, -0.2) is 49.8 Å². The van der Waals surface area contributed by atoms with Gasteiger partial charge in [0.05, 0.1) is 24.8 Å². The molecule has 7 nitrogen and oxygen atoms in total. The summed E-state index contributed by atoms with van der Waals surface area (Å²) in [7, 11) is 0. The molecule has 0 aliphatic carbocycles. The molecule has 0 bridgehead atoms. The minimum atomic E-state index is -3.02. The van der Waals surface area contributed by atoms with Crippen molar-refractivity contribution in [3.05, 3.63) is 41.1 Å². The SMILES string of the molecule is CC1=C(C(=O)N2CCOCC2)[C@H](c2ccccc2OC(F)F)NC(=O)N1. The topological polar surface area (TPSA) is 79.9 Å². The van der Waals surface area contributed by atoms with E-state index in [9.17, 15) is 18.4 Å². The predicted octanol–water partition coefficient (Wildman–Crippen LogP) is 1.77. The van der Waals surface area contributed by atoms with Gasteiger partial charge in [0.1, 0.15) is 5.75 Å². The second-order valence-electron chi connectivity index (χ2n) is 5.89. The molecule has 3 amide bonds.